The van der Waals surface area contributed by atoms with Crippen molar-refractivity contribution in [2.75, 3.05) is 95.2 Å². The first-order chi connectivity index (χ1) is 12.0. The summed E-state index contributed by atoms with van der Waals surface area (Å²) in [7, 11) is 0. The molecule has 8 heteroatoms. The largest absolute Gasteiger partial charge is 0.315 e. The van der Waals surface area contributed by atoms with Gasteiger partial charge in [0.1, 0.15) is 0 Å². The van der Waals surface area contributed by atoms with Crippen molar-refractivity contribution in [1.29, 1.82) is 0 Å². The zero-order valence-corrected chi connectivity index (χ0v) is 19.7. The van der Waals surface area contributed by atoms with Gasteiger partial charge >= 0.3 is 0 Å². The summed E-state index contributed by atoms with van der Waals surface area (Å²) in [5, 5.41) is 7.14. The van der Waals surface area contributed by atoms with Gasteiger partial charge in [-0.25, -0.2) is 0 Å². The third-order valence-corrected chi connectivity index (χ3v) is 10.1. The molecule has 0 bridgehead atoms. The van der Waals surface area contributed by atoms with E-state index >= 15 is 0 Å². The molecule has 0 unspecified atom stereocenters. The SMILES string of the molecule is C1CSCCSCCSCCNCCSCCSCCSCCN1. The molecule has 1 heterocycles. The third-order valence-electron chi connectivity index (χ3n) is 3.18. The van der Waals surface area contributed by atoms with Gasteiger partial charge in [0.25, 0.3) is 0 Å². The molecule has 1 aliphatic rings. The lowest BCUT2D eigenvalue weighted by Gasteiger charge is -2.07. The molecule has 2 nitrogen and oxygen atoms in total. The zero-order chi connectivity index (χ0) is 17.0. The first-order valence-electron chi connectivity index (χ1n) is 8.88. The third kappa shape index (κ3) is 18.8. The Balaban J connectivity index is 2.00. The minimum Gasteiger partial charge on any atom is -0.315 e. The quantitative estimate of drug-likeness (QED) is 0.582. The van der Waals surface area contributed by atoms with Gasteiger partial charge in [0, 0.05) is 95.2 Å². The minimum atomic E-state index is 1.17. The maximum absolute atomic E-state index is 3.57. The van der Waals surface area contributed by atoms with E-state index in [-0.39, 0.29) is 0 Å². The Morgan fingerprint density at radius 3 is 0.750 bits per heavy atom. The smallest absolute Gasteiger partial charge is 0.00584 e. The molecule has 0 spiro atoms. The summed E-state index contributed by atoms with van der Waals surface area (Å²) in [6.45, 7) is 4.69. The Bertz CT molecular complexity index is 139. The molecule has 1 saturated heterocycles. The molecule has 24 heavy (non-hydrogen) atoms. The highest BCUT2D eigenvalue weighted by atomic mass is 32.2. The Morgan fingerprint density at radius 1 is 0.292 bits per heavy atom. The predicted molar refractivity (Wildman–Crippen MR) is 130 cm³/mol. The summed E-state index contributed by atoms with van der Waals surface area (Å²) in [5.41, 5.74) is 0. The van der Waals surface area contributed by atoms with Crippen LogP contribution >= 0.6 is 70.6 Å². The fourth-order valence-electron chi connectivity index (χ4n) is 1.91. The first kappa shape index (κ1) is 24.1. The number of hydrogen-bond acceptors (Lipinski definition) is 8. The lowest BCUT2D eigenvalue weighted by Crippen LogP contribution is -2.20. The van der Waals surface area contributed by atoms with Gasteiger partial charge < -0.3 is 10.6 Å². The summed E-state index contributed by atoms with van der Waals surface area (Å²) in [6, 6.07) is 0. The van der Waals surface area contributed by atoms with E-state index in [9.17, 15) is 0 Å². The van der Waals surface area contributed by atoms with Crippen LogP contribution in [0.1, 0.15) is 0 Å². The number of rotatable bonds is 0. The molecule has 0 aromatic rings. The Hall–Kier alpha value is 2.02. The molecule has 0 atom stereocenters. The van der Waals surface area contributed by atoms with Gasteiger partial charge in [0.05, 0.1) is 0 Å². The first-order valence-corrected chi connectivity index (χ1v) is 15.8. The van der Waals surface area contributed by atoms with Gasteiger partial charge in [-0.05, 0) is 0 Å². The van der Waals surface area contributed by atoms with Crippen LogP contribution in [0.3, 0.4) is 0 Å². The maximum atomic E-state index is 3.57. The van der Waals surface area contributed by atoms with Crippen LogP contribution in [0.2, 0.25) is 0 Å². The van der Waals surface area contributed by atoms with Crippen molar-refractivity contribution in [1.82, 2.24) is 10.6 Å². The van der Waals surface area contributed by atoms with E-state index in [2.05, 4.69) is 81.2 Å². The van der Waals surface area contributed by atoms with E-state index < -0.39 is 0 Å². The van der Waals surface area contributed by atoms with Crippen LogP contribution in [-0.2, 0) is 0 Å². The molecule has 1 fully saturated rings. The minimum absolute atomic E-state index is 1.17. The Labute approximate surface area is 175 Å². The lowest BCUT2D eigenvalue weighted by molar-refractivity contribution is 0.774. The molecular formula is C16H34N2S6. The second-order valence-electron chi connectivity index (χ2n) is 5.17. The van der Waals surface area contributed by atoms with Crippen LogP contribution in [0, 0.1) is 0 Å². The van der Waals surface area contributed by atoms with Gasteiger partial charge in [0.2, 0.25) is 0 Å². The van der Waals surface area contributed by atoms with E-state index in [4.69, 9.17) is 0 Å². The fraction of sp³-hybridized carbons (Fsp3) is 1.00. The van der Waals surface area contributed by atoms with Crippen LogP contribution in [0.4, 0.5) is 0 Å². The van der Waals surface area contributed by atoms with E-state index in [1.165, 1.54) is 95.2 Å². The molecule has 0 saturated carbocycles. The van der Waals surface area contributed by atoms with Crippen LogP contribution < -0.4 is 10.6 Å². The molecular weight excluding hydrogens is 413 g/mol. The fourth-order valence-corrected chi connectivity index (χ4v) is 8.06. The molecule has 1 rings (SSSR count). The summed E-state index contributed by atoms with van der Waals surface area (Å²) in [5.74, 6) is 15.5. The van der Waals surface area contributed by atoms with Gasteiger partial charge in [-0.15, -0.1) is 0 Å². The van der Waals surface area contributed by atoms with E-state index in [0.717, 1.165) is 0 Å². The Morgan fingerprint density at radius 2 is 0.500 bits per heavy atom. The molecule has 0 aromatic carbocycles. The van der Waals surface area contributed by atoms with Crippen molar-refractivity contribution < 1.29 is 0 Å². The monoisotopic (exact) mass is 446 g/mol. The molecule has 0 radical (unpaired) electrons. The van der Waals surface area contributed by atoms with Crippen molar-refractivity contribution in [3.63, 3.8) is 0 Å². The van der Waals surface area contributed by atoms with Crippen LogP contribution in [-0.4, -0.2) is 95.2 Å². The number of hydrogen-bond donors (Lipinski definition) is 2. The van der Waals surface area contributed by atoms with Crippen LogP contribution in [0.25, 0.3) is 0 Å². The van der Waals surface area contributed by atoms with Gasteiger partial charge in [-0.3, -0.25) is 0 Å². The molecule has 1 aliphatic heterocycles. The van der Waals surface area contributed by atoms with Gasteiger partial charge in [-0.1, -0.05) is 0 Å². The van der Waals surface area contributed by atoms with Crippen molar-refractivity contribution in [2.24, 2.45) is 0 Å². The molecule has 144 valence electrons. The molecule has 0 aliphatic carbocycles. The summed E-state index contributed by atoms with van der Waals surface area (Å²) < 4.78 is 0. The van der Waals surface area contributed by atoms with Crippen molar-refractivity contribution in [2.45, 2.75) is 0 Å². The summed E-state index contributed by atoms with van der Waals surface area (Å²) in [4.78, 5) is 0. The number of thioether (sulfide) groups is 6. The molecule has 2 N–H and O–H groups in total. The zero-order valence-electron chi connectivity index (χ0n) is 14.8. The van der Waals surface area contributed by atoms with Crippen molar-refractivity contribution >= 4 is 70.6 Å². The van der Waals surface area contributed by atoms with Gasteiger partial charge in [-0.2, -0.15) is 70.6 Å². The summed E-state index contributed by atoms with van der Waals surface area (Å²) in [6.07, 6.45) is 0. The Kier molecular flexibility index (Phi) is 21.4. The van der Waals surface area contributed by atoms with E-state index in [1.54, 1.807) is 0 Å². The summed E-state index contributed by atoms with van der Waals surface area (Å²) >= 11 is 12.6. The molecule has 0 amide bonds. The van der Waals surface area contributed by atoms with E-state index in [0.29, 0.717) is 0 Å². The lowest BCUT2D eigenvalue weighted by atomic mass is 10.7. The highest BCUT2D eigenvalue weighted by Gasteiger charge is 1.96. The van der Waals surface area contributed by atoms with Crippen LogP contribution in [0.5, 0.6) is 0 Å². The second kappa shape index (κ2) is 21.3. The van der Waals surface area contributed by atoms with Crippen molar-refractivity contribution in [3.8, 4) is 0 Å². The predicted octanol–water partition coefficient (Wildman–Crippen LogP) is 3.58. The highest BCUT2D eigenvalue weighted by Crippen LogP contribution is 2.11. The van der Waals surface area contributed by atoms with Crippen LogP contribution in [0.15, 0.2) is 0 Å². The van der Waals surface area contributed by atoms with E-state index in [1.807, 2.05) is 0 Å². The number of nitrogens with one attached hydrogen (secondary N) is 2. The highest BCUT2D eigenvalue weighted by molar-refractivity contribution is 8.05. The van der Waals surface area contributed by atoms with Crippen molar-refractivity contribution in [3.05, 3.63) is 0 Å². The average Bonchev–Trinajstić information content (AvgIpc) is 2.59. The normalized spacial score (nSPS) is 24.0. The molecule has 0 aromatic heterocycles. The van der Waals surface area contributed by atoms with Gasteiger partial charge in [0.15, 0.2) is 0 Å². The second-order valence-corrected chi connectivity index (χ2v) is 12.5. The standard InChI is InChI=1S/C16H34N2S6/c1-5-19-9-13-23-15-11-21-7-3-18-4-8-22-12-16-24-14-10-20-6-2-17-1/h17-18H,1-16H2. The topological polar surface area (TPSA) is 24.1 Å². The average molecular weight is 447 g/mol. The maximum Gasteiger partial charge on any atom is 0.00584 e.